The first-order valence-corrected chi connectivity index (χ1v) is 9.39. The molecule has 2 aromatic carbocycles. The molecule has 0 spiro atoms. The van der Waals surface area contributed by atoms with Crippen LogP contribution in [-0.4, -0.2) is 37.4 Å². The van der Waals surface area contributed by atoms with Crippen molar-refractivity contribution in [3.8, 4) is 5.75 Å². The highest BCUT2D eigenvalue weighted by Crippen LogP contribution is 2.39. The standard InChI is InChI=1S/C22H24N2O3/c1-23-20(25)12-11-18(21(23)16-7-9-17(27-2)10-8-16)22(26)24-14-13-15-5-3-4-6-19(15)24/h3-10,18,21H,11-14H2,1-2H3. The Bertz CT molecular complexity index is 862. The fourth-order valence-corrected chi connectivity index (χ4v) is 4.32. The summed E-state index contributed by atoms with van der Waals surface area (Å²) < 4.78 is 5.24. The molecule has 140 valence electrons. The maximum atomic E-state index is 13.5. The Hall–Kier alpha value is -2.82. The van der Waals surface area contributed by atoms with Gasteiger partial charge >= 0.3 is 0 Å². The van der Waals surface area contributed by atoms with E-state index < -0.39 is 0 Å². The second-order valence-electron chi connectivity index (χ2n) is 7.24. The van der Waals surface area contributed by atoms with Crippen LogP contribution in [0.15, 0.2) is 48.5 Å². The van der Waals surface area contributed by atoms with E-state index in [1.165, 1.54) is 5.56 Å². The number of ether oxygens (including phenoxy) is 1. The van der Waals surface area contributed by atoms with E-state index >= 15 is 0 Å². The SMILES string of the molecule is COc1ccc(C2C(C(=O)N3CCc4ccccc43)CCC(=O)N2C)cc1. The van der Waals surface area contributed by atoms with Gasteiger partial charge in [-0.2, -0.15) is 0 Å². The lowest BCUT2D eigenvalue weighted by Gasteiger charge is -2.40. The van der Waals surface area contributed by atoms with Crippen LogP contribution in [0.2, 0.25) is 0 Å². The summed E-state index contributed by atoms with van der Waals surface area (Å²) in [6, 6.07) is 15.5. The molecule has 2 aliphatic rings. The van der Waals surface area contributed by atoms with E-state index in [4.69, 9.17) is 4.74 Å². The number of nitrogens with zero attached hydrogens (tertiary/aromatic N) is 2. The van der Waals surface area contributed by atoms with E-state index in [0.29, 0.717) is 19.4 Å². The van der Waals surface area contributed by atoms with Gasteiger partial charge in [-0.05, 0) is 42.2 Å². The largest absolute Gasteiger partial charge is 0.497 e. The molecule has 5 nitrogen and oxygen atoms in total. The van der Waals surface area contributed by atoms with E-state index in [2.05, 4.69) is 6.07 Å². The quantitative estimate of drug-likeness (QED) is 0.840. The minimum atomic E-state index is -0.252. The molecule has 0 bridgehead atoms. The van der Waals surface area contributed by atoms with Crippen LogP contribution in [0.4, 0.5) is 5.69 Å². The average Bonchev–Trinajstić information content (AvgIpc) is 3.14. The van der Waals surface area contributed by atoms with Crippen molar-refractivity contribution in [3.63, 3.8) is 0 Å². The Balaban J connectivity index is 1.66. The number of piperidine rings is 1. The highest BCUT2D eigenvalue weighted by atomic mass is 16.5. The molecular weight excluding hydrogens is 340 g/mol. The summed E-state index contributed by atoms with van der Waals surface area (Å²) in [5, 5.41) is 0. The minimum absolute atomic E-state index is 0.0849. The van der Waals surface area contributed by atoms with Crippen LogP contribution in [0.1, 0.15) is 30.0 Å². The van der Waals surface area contributed by atoms with Crippen LogP contribution in [0.3, 0.4) is 0 Å². The number of carbonyl (C=O) groups excluding carboxylic acids is 2. The van der Waals surface area contributed by atoms with Crippen LogP contribution >= 0.6 is 0 Å². The third kappa shape index (κ3) is 3.07. The fraction of sp³-hybridized carbons (Fsp3) is 0.364. The Labute approximate surface area is 159 Å². The molecule has 1 saturated heterocycles. The summed E-state index contributed by atoms with van der Waals surface area (Å²) in [6.45, 7) is 0.710. The molecule has 2 aromatic rings. The molecule has 4 rings (SSSR count). The minimum Gasteiger partial charge on any atom is -0.497 e. The van der Waals surface area contributed by atoms with Crippen molar-refractivity contribution < 1.29 is 14.3 Å². The summed E-state index contributed by atoms with van der Waals surface area (Å²) in [6.07, 6.45) is 1.88. The molecule has 0 aliphatic carbocycles. The number of hydrogen-bond acceptors (Lipinski definition) is 3. The lowest BCUT2D eigenvalue weighted by molar-refractivity contribution is -0.140. The highest BCUT2D eigenvalue weighted by Gasteiger charge is 2.41. The van der Waals surface area contributed by atoms with Gasteiger partial charge in [0.15, 0.2) is 0 Å². The molecule has 2 unspecified atom stereocenters. The van der Waals surface area contributed by atoms with Gasteiger partial charge in [0.05, 0.1) is 19.1 Å². The molecule has 1 fully saturated rings. The van der Waals surface area contributed by atoms with Crippen molar-refractivity contribution in [1.82, 2.24) is 4.90 Å². The van der Waals surface area contributed by atoms with E-state index in [9.17, 15) is 9.59 Å². The van der Waals surface area contributed by atoms with Gasteiger partial charge in [-0.3, -0.25) is 9.59 Å². The normalized spacial score (nSPS) is 21.9. The lowest BCUT2D eigenvalue weighted by atomic mass is 9.83. The third-order valence-electron chi connectivity index (χ3n) is 5.79. The smallest absolute Gasteiger partial charge is 0.232 e. The lowest BCUT2D eigenvalue weighted by Crippen LogP contribution is -2.47. The second-order valence-corrected chi connectivity index (χ2v) is 7.24. The van der Waals surface area contributed by atoms with E-state index in [0.717, 1.165) is 23.4 Å². The zero-order valence-electron chi connectivity index (χ0n) is 15.7. The van der Waals surface area contributed by atoms with Gasteiger partial charge in [0.25, 0.3) is 0 Å². The molecular formula is C22H24N2O3. The molecule has 2 amide bonds. The average molecular weight is 364 g/mol. The van der Waals surface area contributed by atoms with Crippen LogP contribution in [0, 0.1) is 5.92 Å². The number of rotatable bonds is 3. The van der Waals surface area contributed by atoms with Crippen molar-refractivity contribution in [2.75, 3.05) is 25.6 Å². The molecule has 0 radical (unpaired) electrons. The van der Waals surface area contributed by atoms with E-state index in [-0.39, 0.29) is 23.8 Å². The zero-order chi connectivity index (χ0) is 19.0. The molecule has 2 atom stereocenters. The van der Waals surface area contributed by atoms with Crippen molar-refractivity contribution in [2.45, 2.75) is 25.3 Å². The summed E-state index contributed by atoms with van der Waals surface area (Å²) in [5.74, 6) is 0.717. The van der Waals surface area contributed by atoms with Gasteiger partial charge in [-0.25, -0.2) is 0 Å². The number of amides is 2. The maximum Gasteiger partial charge on any atom is 0.232 e. The molecule has 27 heavy (non-hydrogen) atoms. The molecule has 2 aliphatic heterocycles. The number of fused-ring (bicyclic) bond motifs is 1. The van der Waals surface area contributed by atoms with Gasteiger partial charge in [0.1, 0.15) is 5.75 Å². The van der Waals surface area contributed by atoms with Gasteiger partial charge in [-0.15, -0.1) is 0 Å². The van der Waals surface area contributed by atoms with Crippen LogP contribution in [-0.2, 0) is 16.0 Å². The number of benzene rings is 2. The highest BCUT2D eigenvalue weighted by molar-refractivity contribution is 5.98. The third-order valence-corrected chi connectivity index (χ3v) is 5.79. The second kappa shape index (κ2) is 7.06. The Kier molecular flexibility index (Phi) is 4.60. The Morgan fingerprint density at radius 1 is 1.07 bits per heavy atom. The monoisotopic (exact) mass is 364 g/mol. The summed E-state index contributed by atoms with van der Waals surface area (Å²) >= 11 is 0. The topological polar surface area (TPSA) is 49.9 Å². The number of methoxy groups -OCH3 is 1. The summed E-state index contributed by atoms with van der Waals surface area (Å²) in [7, 11) is 3.43. The predicted octanol–water partition coefficient (Wildman–Crippen LogP) is 3.19. The van der Waals surface area contributed by atoms with Gasteiger partial charge in [-0.1, -0.05) is 30.3 Å². The maximum absolute atomic E-state index is 13.5. The first-order valence-electron chi connectivity index (χ1n) is 9.39. The molecule has 2 heterocycles. The van der Waals surface area contributed by atoms with E-state index in [1.54, 1.807) is 19.1 Å². The first kappa shape index (κ1) is 17.6. The summed E-state index contributed by atoms with van der Waals surface area (Å²) in [4.78, 5) is 29.5. The number of para-hydroxylation sites is 1. The number of anilines is 1. The zero-order valence-corrected chi connectivity index (χ0v) is 15.7. The van der Waals surface area contributed by atoms with E-state index in [1.807, 2.05) is 47.4 Å². The molecule has 5 heteroatoms. The van der Waals surface area contributed by atoms with Crippen molar-refractivity contribution >= 4 is 17.5 Å². The Morgan fingerprint density at radius 3 is 2.56 bits per heavy atom. The van der Waals surface area contributed by atoms with Crippen molar-refractivity contribution in [3.05, 3.63) is 59.7 Å². The van der Waals surface area contributed by atoms with Crippen LogP contribution in [0.5, 0.6) is 5.75 Å². The molecule has 0 aromatic heterocycles. The fourth-order valence-electron chi connectivity index (χ4n) is 4.32. The van der Waals surface area contributed by atoms with Crippen LogP contribution in [0.25, 0.3) is 0 Å². The summed E-state index contributed by atoms with van der Waals surface area (Å²) in [5.41, 5.74) is 3.19. The van der Waals surface area contributed by atoms with Crippen molar-refractivity contribution in [1.29, 1.82) is 0 Å². The first-order chi connectivity index (χ1) is 13.1. The van der Waals surface area contributed by atoms with Gasteiger partial charge in [0, 0.05) is 25.7 Å². The predicted molar refractivity (Wildman–Crippen MR) is 104 cm³/mol. The van der Waals surface area contributed by atoms with Crippen molar-refractivity contribution in [2.24, 2.45) is 5.92 Å². The number of likely N-dealkylation sites (tertiary alicyclic amines) is 1. The molecule has 0 N–H and O–H groups in total. The molecule has 0 saturated carbocycles. The van der Waals surface area contributed by atoms with Gasteiger partial charge < -0.3 is 14.5 Å². The Morgan fingerprint density at radius 2 is 1.81 bits per heavy atom. The van der Waals surface area contributed by atoms with Gasteiger partial charge in [0.2, 0.25) is 11.8 Å². The van der Waals surface area contributed by atoms with Crippen LogP contribution < -0.4 is 9.64 Å². The number of hydrogen-bond donors (Lipinski definition) is 0. The number of carbonyl (C=O) groups is 2.